The molecule has 4 N–H and O–H groups in total. The average molecular weight is 410 g/mol. The third-order valence-electron chi connectivity index (χ3n) is 4.93. The van der Waals surface area contributed by atoms with Crippen LogP contribution in [0.3, 0.4) is 0 Å². The third-order valence-corrected chi connectivity index (χ3v) is 4.93. The van der Waals surface area contributed by atoms with Crippen molar-refractivity contribution in [1.82, 2.24) is 0 Å². The molecule has 5 rings (SSSR count). The van der Waals surface area contributed by atoms with Gasteiger partial charge in [0, 0.05) is 41.4 Å². The van der Waals surface area contributed by atoms with Crippen LogP contribution in [0.25, 0.3) is 0 Å². The maximum atomic E-state index is 6.05. The lowest BCUT2D eigenvalue weighted by Gasteiger charge is -2.03. The Kier molecular flexibility index (Phi) is 4.76. The van der Waals surface area contributed by atoms with Crippen LogP contribution in [-0.4, -0.2) is 13.6 Å². The first kappa shape index (κ1) is 18.7. The van der Waals surface area contributed by atoms with Gasteiger partial charge in [0.2, 0.25) is 13.6 Å². The van der Waals surface area contributed by atoms with E-state index >= 15 is 0 Å². The molecule has 0 aliphatic carbocycles. The van der Waals surface area contributed by atoms with E-state index in [1.165, 1.54) is 0 Å². The summed E-state index contributed by atoms with van der Waals surface area (Å²) in [5.41, 5.74) is 16.6. The van der Waals surface area contributed by atoms with Gasteiger partial charge in [-0.1, -0.05) is 23.7 Å². The van der Waals surface area contributed by atoms with E-state index in [4.69, 9.17) is 30.4 Å². The SMILES string of the molecule is NCc1cc2c(cc1C#Cc1ccc(C#Cc3cc4c(cc3N)OCO4)cc1)OCO2. The fraction of sp³-hybridized carbons (Fsp3) is 0.120. The lowest BCUT2D eigenvalue weighted by Crippen LogP contribution is -1.99. The van der Waals surface area contributed by atoms with E-state index in [0.717, 1.165) is 22.3 Å². The van der Waals surface area contributed by atoms with Crippen molar-refractivity contribution >= 4 is 5.69 Å². The maximum Gasteiger partial charge on any atom is 0.231 e. The summed E-state index contributed by atoms with van der Waals surface area (Å²) < 4.78 is 21.5. The van der Waals surface area contributed by atoms with Crippen molar-refractivity contribution in [2.45, 2.75) is 6.54 Å². The number of anilines is 1. The van der Waals surface area contributed by atoms with E-state index in [9.17, 15) is 0 Å². The number of rotatable bonds is 1. The topological polar surface area (TPSA) is 89.0 Å². The highest BCUT2D eigenvalue weighted by atomic mass is 16.7. The summed E-state index contributed by atoms with van der Waals surface area (Å²) in [6.45, 7) is 0.794. The van der Waals surface area contributed by atoms with Crippen LogP contribution in [0.5, 0.6) is 23.0 Å². The lowest BCUT2D eigenvalue weighted by atomic mass is 10.1. The zero-order chi connectivity index (χ0) is 21.2. The Labute approximate surface area is 179 Å². The molecule has 31 heavy (non-hydrogen) atoms. The van der Waals surface area contributed by atoms with Gasteiger partial charge in [0.1, 0.15) is 0 Å². The molecule has 152 valence electrons. The molecule has 0 spiro atoms. The van der Waals surface area contributed by atoms with Crippen LogP contribution < -0.4 is 30.4 Å². The smallest absolute Gasteiger partial charge is 0.231 e. The molecule has 0 unspecified atom stereocenters. The second kappa shape index (κ2) is 7.87. The summed E-state index contributed by atoms with van der Waals surface area (Å²) in [5, 5.41) is 0. The van der Waals surface area contributed by atoms with Gasteiger partial charge in [0.05, 0.1) is 11.3 Å². The minimum absolute atomic E-state index is 0.202. The Balaban J connectivity index is 1.36. The monoisotopic (exact) mass is 410 g/mol. The highest BCUT2D eigenvalue weighted by Crippen LogP contribution is 2.36. The van der Waals surface area contributed by atoms with Gasteiger partial charge in [-0.25, -0.2) is 0 Å². The minimum atomic E-state index is 0.202. The number of hydrogen-bond donors (Lipinski definition) is 2. The predicted molar refractivity (Wildman–Crippen MR) is 116 cm³/mol. The standard InChI is InChI=1S/C25H18N2O4/c26-13-20-11-24-22(28-14-30-24)9-18(20)7-5-16-1-3-17(4-2-16)6-8-19-10-23-25(12-21(19)27)31-15-29-23/h1-4,9-12H,13-15,26-27H2. The van der Waals surface area contributed by atoms with Crippen molar-refractivity contribution in [2.75, 3.05) is 19.3 Å². The van der Waals surface area contributed by atoms with Gasteiger partial charge in [0.15, 0.2) is 23.0 Å². The molecule has 0 radical (unpaired) electrons. The molecule has 6 nitrogen and oxygen atoms in total. The summed E-state index contributed by atoms with van der Waals surface area (Å²) in [6, 6.07) is 15.0. The van der Waals surface area contributed by atoms with Gasteiger partial charge in [-0.05, 0) is 35.9 Å². The predicted octanol–water partition coefficient (Wildman–Crippen LogP) is 2.98. The fourth-order valence-corrected chi connectivity index (χ4v) is 3.25. The van der Waals surface area contributed by atoms with E-state index in [1.54, 1.807) is 12.1 Å². The molecule has 0 fully saturated rings. The molecule has 6 heteroatoms. The van der Waals surface area contributed by atoms with Crippen LogP contribution in [0.4, 0.5) is 5.69 Å². The maximum absolute atomic E-state index is 6.05. The van der Waals surface area contributed by atoms with Gasteiger partial charge >= 0.3 is 0 Å². The molecule has 3 aromatic rings. The highest BCUT2D eigenvalue weighted by molar-refractivity contribution is 5.65. The van der Waals surface area contributed by atoms with E-state index in [1.807, 2.05) is 36.4 Å². The second-order valence-corrected chi connectivity index (χ2v) is 6.94. The summed E-state index contributed by atoms with van der Waals surface area (Å²) in [4.78, 5) is 0. The minimum Gasteiger partial charge on any atom is -0.454 e. The molecule has 0 saturated heterocycles. The van der Waals surface area contributed by atoms with Crippen LogP contribution in [0.2, 0.25) is 0 Å². The largest absolute Gasteiger partial charge is 0.454 e. The molecular formula is C25H18N2O4. The van der Waals surface area contributed by atoms with Crippen molar-refractivity contribution < 1.29 is 18.9 Å². The average Bonchev–Trinajstić information content (AvgIpc) is 3.44. The first-order chi connectivity index (χ1) is 15.2. The van der Waals surface area contributed by atoms with Crippen LogP contribution in [0.15, 0.2) is 48.5 Å². The van der Waals surface area contributed by atoms with E-state index in [-0.39, 0.29) is 13.6 Å². The summed E-state index contributed by atoms with van der Waals surface area (Å²) in [5.74, 6) is 15.2. The summed E-state index contributed by atoms with van der Waals surface area (Å²) in [7, 11) is 0. The summed E-state index contributed by atoms with van der Waals surface area (Å²) >= 11 is 0. The molecule has 0 amide bonds. The fourth-order valence-electron chi connectivity index (χ4n) is 3.25. The number of hydrogen-bond acceptors (Lipinski definition) is 6. The normalized spacial score (nSPS) is 12.5. The first-order valence-corrected chi connectivity index (χ1v) is 9.65. The third kappa shape index (κ3) is 3.81. The van der Waals surface area contributed by atoms with Gasteiger partial charge in [-0.3, -0.25) is 0 Å². The van der Waals surface area contributed by atoms with E-state index in [0.29, 0.717) is 40.8 Å². The quantitative estimate of drug-likeness (QED) is 0.474. The number of fused-ring (bicyclic) bond motifs is 2. The Morgan fingerprint density at radius 1 is 0.645 bits per heavy atom. The van der Waals surface area contributed by atoms with Crippen LogP contribution in [-0.2, 0) is 6.54 Å². The Morgan fingerprint density at radius 3 is 1.71 bits per heavy atom. The lowest BCUT2D eigenvalue weighted by molar-refractivity contribution is 0.173. The highest BCUT2D eigenvalue weighted by Gasteiger charge is 2.16. The van der Waals surface area contributed by atoms with Gasteiger partial charge in [-0.2, -0.15) is 0 Å². The van der Waals surface area contributed by atoms with Crippen LogP contribution >= 0.6 is 0 Å². The molecule has 2 aliphatic heterocycles. The number of ether oxygens (including phenoxy) is 4. The Morgan fingerprint density at radius 2 is 1.13 bits per heavy atom. The molecule has 0 aromatic heterocycles. The number of benzene rings is 3. The van der Waals surface area contributed by atoms with Crippen molar-refractivity contribution in [1.29, 1.82) is 0 Å². The first-order valence-electron chi connectivity index (χ1n) is 9.65. The molecule has 0 atom stereocenters. The Bertz CT molecular complexity index is 1290. The molecule has 2 heterocycles. The van der Waals surface area contributed by atoms with Crippen molar-refractivity contribution in [2.24, 2.45) is 5.73 Å². The van der Waals surface area contributed by atoms with Crippen molar-refractivity contribution in [3.8, 4) is 46.7 Å². The molecule has 0 bridgehead atoms. The van der Waals surface area contributed by atoms with Crippen molar-refractivity contribution in [3.05, 3.63) is 76.3 Å². The van der Waals surface area contributed by atoms with Gasteiger partial charge in [-0.15, -0.1) is 0 Å². The Hall–Kier alpha value is -4.26. The second-order valence-electron chi connectivity index (χ2n) is 6.94. The van der Waals surface area contributed by atoms with Gasteiger partial charge in [0.25, 0.3) is 0 Å². The van der Waals surface area contributed by atoms with Gasteiger partial charge < -0.3 is 30.4 Å². The van der Waals surface area contributed by atoms with Crippen LogP contribution in [0, 0.1) is 23.7 Å². The van der Waals surface area contributed by atoms with Crippen molar-refractivity contribution in [3.63, 3.8) is 0 Å². The molecule has 2 aliphatic rings. The summed E-state index contributed by atoms with van der Waals surface area (Å²) in [6.07, 6.45) is 0. The van der Waals surface area contributed by atoms with E-state index < -0.39 is 0 Å². The number of nitrogen functional groups attached to an aromatic ring is 1. The molecule has 0 saturated carbocycles. The van der Waals surface area contributed by atoms with Crippen LogP contribution in [0.1, 0.15) is 27.8 Å². The zero-order valence-electron chi connectivity index (χ0n) is 16.5. The zero-order valence-corrected chi connectivity index (χ0v) is 16.5. The molecule has 3 aromatic carbocycles. The number of nitrogens with two attached hydrogens (primary N) is 2. The molecular weight excluding hydrogens is 392 g/mol. The van der Waals surface area contributed by atoms with E-state index in [2.05, 4.69) is 23.7 Å².